The van der Waals surface area contributed by atoms with E-state index >= 15 is 0 Å². The summed E-state index contributed by atoms with van der Waals surface area (Å²) in [7, 11) is 0. The highest BCUT2D eigenvalue weighted by Gasteiger charge is 2.44. The molecule has 2 nitrogen and oxygen atoms in total. The average Bonchev–Trinajstić information content (AvgIpc) is 3.78. The molecule has 0 amide bonds. The van der Waals surface area contributed by atoms with Crippen LogP contribution in [0.3, 0.4) is 0 Å². The van der Waals surface area contributed by atoms with Gasteiger partial charge in [-0.05, 0) is 96.5 Å². The van der Waals surface area contributed by atoms with E-state index in [1.807, 2.05) is 0 Å². The zero-order chi connectivity index (χ0) is 32.7. The Bertz CT molecular complexity index is 1990. The van der Waals surface area contributed by atoms with Crippen molar-refractivity contribution in [3.05, 3.63) is 167 Å². The van der Waals surface area contributed by atoms with Crippen LogP contribution in [0.4, 0.5) is 17.1 Å². The molecule has 2 unspecified atom stereocenters. The summed E-state index contributed by atoms with van der Waals surface area (Å²) in [6.45, 7) is 8.06. The monoisotopic (exact) mass is 625 g/mol. The number of rotatable bonds is 8. The normalized spacial score (nSPS) is 19.0. The largest absolute Gasteiger partial charge is 0.338 e. The number of hydrogen-bond donors (Lipinski definition) is 0. The van der Waals surface area contributed by atoms with Crippen LogP contribution in [0.1, 0.15) is 85.8 Å². The lowest BCUT2D eigenvalue weighted by molar-refractivity contribution is -0.437. The number of allylic oxidation sites excluding steroid dienone is 1. The molecule has 0 radical (unpaired) electrons. The summed E-state index contributed by atoms with van der Waals surface area (Å²) in [6.07, 6.45) is 12.0. The maximum absolute atomic E-state index is 2.64. The van der Waals surface area contributed by atoms with Crippen molar-refractivity contribution in [3.8, 4) is 0 Å². The molecule has 48 heavy (non-hydrogen) atoms. The summed E-state index contributed by atoms with van der Waals surface area (Å²) >= 11 is 0. The van der Waals surface area contributed by atoms with Gasteiger partial charge in [-0.3, -0.25) is 0 Å². The van der Waals surface area contributed by atoms with Gasteiger partial charge in [0.2, 0.25) is 5.69 Å². The third-order valence-corrected chi connectivity index (χ3v) is 10.9. The first kappa shape index (κ1) is 30.4. The van der Waals surface area contributed by atoms with Gasteiger partial charge in [-0.1, -0.05) is 110 Å². The minimum absolute atomic E-state index is 0.0172. The van der Waals surface area contributed by atoms with E-state index in [2.05, 4.69) is 176 Å². The number of nitrogens with zero attached hydrogens (tertiary/aromatic N) is 2. The van der Waals surface area contributed by atoms with Crippen LogP contribution in [0.2, 0.25) is 0 Å². The highest BCUT2D eigenvalue weighted by Crippen LogP contribution is 2.52. The minimum atomic E-state index is -0.0172. The van der Waals surface area contributed by atoms with Crippen LogP contribution in [0.25, 0.3) is 17.7 Å². The van der Waals surface area contributed by atoms with Crippen molar-refractivity contribution >= 4 is 40.5 Å². The zero-order valence-electron chi connectivity index (χ0n) is 28.4. The lowest BCUT2D eigenvalue weighted by atomic mass is 9.81. The van der Waals surface area contributed by atoms with E-state index in [9.17, 15) is 0 Å². The van der Waals surface area contributed by atoms with E-state index in [0.29, 0.717) is 12.0 Å². The van der Waals surface area contributed by atoms with Gasteiger partial charge in [0.1, 0.15) is 6.54 Å². The maximum atomic E-state index is 2.64. The summed E-state index contributed by atoms with van der Waals surface area (Å²) in [4.78, 5) is 2.64. The standard InChI is InChI=1S/C46H45N2/c1-4-30-47-44-20-12-11-19-41(44)46(2,3)45(47)29-25-34-24-28-43-40(32-34)38-18-13-21-42(38)48(43)37-26-22-33(23-27-37)31-39(35-14-7-5-8-15-35)36-16-9-6-10-17-36/h5-12,14-17,19-20,22-29,31-32,38,42H,4,13,18,21,30H2,1-3H3/q+1. The van der Waals surface area contributed by atoms with Crippen LogP contribution in [0.5, 0.6) is 0 Å². The molecule has 0 aromatic heterocycles. The molecule has 238 valence electrons. The van der Waals surface area contributed by atoms with E-state index in [4.69, 9.17) is 0 Å². The summed E-state index contributed by atoms with van der Waals surface area (Å²) in [5, 5.41) is 0. The lowest BCUT2D eigenvalue weighted by Gasteiger charge is -2.27. The smallest absolute Gasteiger partial charge is 0.209 e. The van der Waals surface area contributed by atoms with Gasteiger partial charge in [0.15, 0.2) is 5.71 Å². The van der Waals surface area contributed by atoms with Gasteiger partial charge in [-0.15, -0.1) is 0 Å². The Morgan fingerprint density at radius 2 is 1.42 bits per heavy atom. The lowest BCUT2D eigenvalue weighted by Crippen LogP contribution is -2.27. The Labute approximate surface area is 286 Å². The Morgan fingerprint density at radius 1 is 0.750 bits per heavy atom. The fraction of sp³-hybridized carbons (Fsp3) is 0.239. The van der Waals surface area contributed by atoms with Crippen LogP contribution in [0, 0.1) is 0 Å². The van der Waals surface area contributed by atoms with E-state index in [1.165, 1.54) is 81.0 Å². The number of para-hydroxylation sites is 1. The molecular formula is C46H45N2+. The molecule has 2 aliphatic heterocycles. The van der Waals surface area contributed by atoms with Crippen LogP contribution >= 0.6 is 0 Å². The maximum Gasteiger partial charge on any atom is 0.209 e. The number of benzene rings is 5. The predicted molar refractivity (Wildman–Crippen MR) is 204 cm³/mol. The second-order valence-electron chi connectivity index (χ2n) is 14.2. The molecule has 1 aliphatic carbocycles. The second-order valence-corrected chi connectivity index (χ2v) is 14.2. The third kappa shape index (κ3) is 5.34. The molecule has 2 atom stereocenters. The molecule has 2 heterocycles. The first-order chi connectivity index (χ1) is 23.5. The second kappa shape index (κ2) is 12.6. The number of fused-ring (bicyclic) bond motifs is 4. The highest BCUT2D eigenvalue weighted by molar-refractivity contribution is 6.05. The first-order valence-corrected chi connectivity index (χ1v) is 17.8. The molecule has 8 rings (SSSR count). The minimum Gasteiger partial charge on any atom is -0.338 e. The van der Waals surface area contributed by atoms with Crippen molar-refractivity contribution in [1.82, 2.24) is 0 Å². The third-order valence-electron chi connectivity index (χ3n) is 10.9. The summed E-state index contributed by atoms with van der Waals surface area (Å²) in [5.74, 6) is 0.590. The van der Waals surface area contributed by atoms with Crippen molar-refractivity contribution in [3.63, 3.8) is 0 Å². The Balaban J connectivity index is 1.10. The molecule has 2 heteroatoms. The van der Waals surface area contributed by atoms with Gasteiger partial charge in [0.05, 0.1) is 5.41 Å². The van der Waals surface area contributed by atoms with Gasteiger partial charge >= 0.3 is 0 Å². The zero-order valence-corrected chi connectivity index (χ0v) is 28.4. The topological polar surface area (TPSA) is 6.25 Å². The quantitative estimate of drug-likeness (QED) is 0.123. The summed E-state index contributed by atoms with van der Waals surface area (Å²) in [5.41, 5.74) is 14.6. The van der Waals surface area contributed by atoms with Gasteiger partial charge in [0.25, 0.3) is 0 Å². The number of hydrogen-bond acceptors (Lipinski definition) is 1. The van der Waals surface area contributed by atoms with Gasteiger partial charge in [-0.2, -0.15) is 4.58 Å². The van der Waals surface area contributed by atoms with Crippen molar-refractivity contribution in [2.45, 2.75) is 63.8 Å². The Morgan fingerprint density at radius 3 is 2.12 bits per heavy atom. The first-order valence-electron chi connectivity index (χ1n) is 17.8. The van der Waals surface area contributed by atoms with Crippen molar-refractivity contribution in [1.29, 1.82) is 0 Å². The van der Waals surface area contributed by atoms with E-state index in [1.54, 1.807) is 0 Å². The fourth-order valence-corrected chi connectivity index (χ4v) is 8.56. The summed E-state index contributed by atoms with van der Waals surface area (Å²) in [6, 6.07) is 47.3. The van der Waals surface area contributed by atoms with Gasteiger partial charge in [-0.25, -0.2) is 0 Å². The molecule has 5 aromatic rings. The Hall–Kier alpha value is -4.95. The molecule has 0 spiro atoms. The van der Waals surface area contributed by atoms with Crippen LogP contribution in [-0.4, -0.2) is 22.9 Å². The van der Waals surface area contributed by atoms with Crippen LogP contribution in [0.15, 0.2) is 133 Å². The van der Waals surface area contributed by atoms with E-state index in [0.717, 1.165) is 13.0 Å². The molecule has 0 saturated heterocycles. The highest BCUT2D eigenvalue weighted by atomic mass is 15.2. The molecule has 0 N–H and O–H groups in total. The Kier molecular flexibility index (Phi) is 7.96. The van der Waals surface area contributed by atoms with Crippen molar-refractivity contribution in [2.75, 3.05) is 11.4 Å². The van der Waals surface area contributed by atoms with E-state index < -0.39 is 0 Å². The predicted octanol–water partition coefficient (Wildman–Crippen LogP) is 11.6. The molecule has 0 bridgehead atoms. The van der Waals surface area contributed by atoms with Gasteiger partial charge in [0, 0.05) is 47.5 Å². The molecule has 1 saturated carbocycles. The number of anilines is 2. The van der Waals surface area contributed by atoms with Crippen molar-refractivity contribution < 1.29 is 4.58 Å². The van der Waals surface area contributed by atoms with Gasteiger partial charge < -0.3 is 4.90 Å². The van der Waals surface area contributed by atoms with Crippen LogP contribution in [-0.2, 0) is 5.41 Å². The van der Waals surface area contributed by atoms with Crippen molar-refractivity contribution in [2.24, 2.45) is 0 Å². The fourth-order valence-electron chi connectivity index (χ4n) is 8.56. The molecule has 5 aromatic carbocycles. The van der Waals surface area contributed by atoms with Crippen LogP contribution < -0.4 is 4.90 Å². The molecular weight excluding hydrogens is 581 g/mol. The molecule has 1 fully saturated rings. The van der Waals surface area contributed by atoms with E-state index in [-0.39, 0.29) is 5.41 Å². The average molecular weight is 626 g/mol. The SMILES string of the molecule is CCC[N+]1=C(/C=C/c2ccc3c(c2)C2CCCC2N3c2ccc(C=C(c3ccccc3)c3ccccc3)cc2)C(C)(C)c2ccccc21. The summed E-state index contributed by atoms with van der Waals surface area (Å²) < 4.78 is 2.54. The molecule has 3 aliphatic rings.